The van der Waals surface area contributed by atoms with Crippen LogP contribution in [0.25, 0.3) is 11.0 Å². The maximum absolute atomic E-state index is 13.2. The molecule has 0 amide bonds. The van der Waals surface area contributed by atoms with Gasteiger partial charge in [0.2, 0.25) is 0 Å². The largest absolute Gasteiger partial charge is 0.368 e. The first kappa shape index (κ1) is 17.7. The van der Waals surface area contributed by atoms with E-state index in [0.29, 0.717) is 22.5 Å². The fourth-order valence-electron chi connectivity index (χ4n) is 2.92. The zero-order valence-electron chi connectivity index (χ0n) is 14.7. The molecule has 28 heavy (non-hydrogen) atoms. The number of aromatic nitrogens is 2. The number of carbonyl (C=O) groups is 1. The molecule has 7 heteroatoms. The second kappa shape index (κ2) is 7.48. The molecule has 2 heterocycles. The van der Waals surface area contributed by atoms with Gasteiger partial charge in [-0.15, -0.1) is 0 Å². The highest BCUT2D eigenvalue weighted by atomic mass is 19.2. The quantitative estimate of drug-likeness (QED) is 0.340. The lowest BCUT2D eigenvalue weighted by Crippen LogP contribution is -2.12. The molecule has 0 saturated carbocycles. The standard InChI is InChI=1S/C21H16F2N4O/c22-18-7-6-15(10-19(18)23)27-12-26-14-4-1-3-13(9-14)20(28)17-11-25-21-16(17)5-2-8-24-21/h1-11,26-27H,12H2,(H,24,25). The summed E-state index contributed by atoms with van der Waals surface area (Å²) in [5.41, 5.74) is 2.92. The molecule has 0 atom stereocenters. The molecule has 5 nitrogen and oxygen atoms in total. The van der Waals surface area contributed by atoms with Crippen LogP contribution in [0.3, 0.4) is 0 Å². The van der Waals surface area contributed by atoms with Crippen molar-refractivity contribution in [1.29, 1.82) is 0 Å². The van der Waals surface area contributed by atoms with Gasteiger partial charge in [0.15, 0.2) is 17.4 Å². The second-order valence-electron chi connectivity index (χ2n) is 6.17. The molecular formula is C21H16F2N4O. The van der Waals surface area contributed by atoms with E-state index in [2.05, 4.69) is 20.6 Å². The number of ketones is 1. The molecule has 2 aromatic carbocycles. The van der Waals surface area contributed by atoms with Crippen LogP contribution in [0.15, 0.2) is 67.0 Å². The summed E-state index contributed by atoms with van der Waals surface area (Å²) in [6.45, 7) is 0.278. The third-order valence-corrected chi connectivity index (χ3v) is 4.33. The normalized spacial score (nSPS) is 10.8. The van der Waals surface area contributed by atoms with E-state index in [4.69, 9.17) is 0 Å². The van der Waals surface area contributed by atoms with Crippen molar-refractivity contribution in [1.82, 2.24) is 9.97 Å². The summed E-state index contributed by atoms with van der Waals surface area (Å²) in [5.74, 6) is -1.92. The Kier molecular flexibility index (Phi) is 4.72. The van der Waals surface area contributed by atoms with Gasteiger partial charge in [0.05, 0.1) is 6.67 Å². The predicted octanol–water partition coefficient (Wildman–Crippen LogP) is 4.55. The summed E-state index contributed by atoms with van der Waals surface area (Å²) in [7, 11) is 0. The lowest BCUT2D eigenvalue weighted by Gasteiger charge is -2.10. The van der Waals surface area contributed by atoms with Crippen molar-refractivity contribution in [2.75, 3.05) is 17.3 Å². The summed E-state index contributed by atoms with van der Waals surface area (Å²) in [6, 6.07) is 14.3. The molecule has 0 bridgehead atoms. The fourth-order valence-corrected chi connectivity index (χ4v) is 2.92. The van der Waals surface area contributed by atoms with Gasteiger partial charge in [-0.05, 0) is 36.4 Å². The summed E-state index contributed by atoms with van der Waals surface area (Å²) < 4.78 is 26.2. The Balaban J connectivity index is 1.46. The molecule has 0 unspecified atom stereocenters. The number of pyridine rings is 1. The van der Waals surface area contributed by atoms with E-state index in [1.54, 1.807) is 36.7 Å². The Hall–Kier alpha value is -3.74. The highest BCUT2D eigenvalue weighted by Gasteiger charge is 2.14. The van der Waals surface area contributed by atoms with Crippen LogP contribution in [-0.4, -0.2) is 22.4 Å². The van der Waals surface area contributed by atoms with E-state index in [0.717, 1.165) is 23.2 Å². The minimum atomic E-state index is -0.911. The summed E-state index contributed by atoms with van der Waals surface area (Å²) in [4.78, 5) is 20.1. The van der Waals surface area contributed by atoms with Crippen molar-refractivity contribution < 1.29 is 13.6 Å². The number of H-pyrrole nitrogens is 1. The minimum Gasteiger partial charge on any atom is -0.368 e. The van der Waals surface area contributed by atoms with Gasteiger partial charge in [0, 0.05) is 46.3 Å². The summed E-state index contributed by atoms with van der Waals surface area (Å²) in [5, 5.41) is 6.82. The van der Waals surface area contributed by atoms with Gasteiger partial charge in [0.25, 0.3) is 0 Å². The van der Waals surface area contributed by atoms with Crippen LogP contribution in [0.5, 0.6) is 0 Å². The number of benzene rings is 2. The van der Waals surface area contributed by atoms with Gasteiger partial charge >= 0.3 is 0 Å². The highest BCUT2D eigenvalue weighted by molar-refractivity contribution is 6.16. The van der Waals surface area contributed by atoms with Gasteiger partial charge in [0.1, 0.15) is 5.65 Å². The van der Waals surface area contributed by atoms with E-state index < -0.39 is 11.6 Å². The lowest BCUT2D eigenvalue weighted by molar-refractivity contribution is 0.104. The van der Waals surface area contributed by atoms with Crippen LogP contribution < -0.4 is 10.6 Å². The summed E-state index contributed by atoms with van der Waals surface area (Å²) >= 11 is 0. The Morgan fingerprint density at radius 3 is 2.61 bits per heavy atom. The molecule has 0 radical (unpaired) electrons. The third-order valence-electron chi connectivity index (χ3n) is 4.33. The molecule has 0 fully saturated rings. The zero-order chi connectivity index (χ0) is 19.5. The van der Waals surface area contributed by atoms with Crippen LogP contribution in [0.1, 0.15) is 15.9 Å². The monoisotopic (exact) mass is 378 g/mol. The Labute approximate surface area is 159 Å². The first-order valence-corrected chi connectivity index (χ1v) is 8.61. The molecule has 3 N–H and O–H groups in total. The number of carbonyl (C=O) groups excluding carboxylic acids is 1. The molecule has 0 spiro atoms. The number of hydrogen-bond acceptors (Lipinski definition) is 4. The Morgan fingerprint density at radius 1 is 0.964 bits per heavy atom. The number of aromatic amines is 1. The van der Waals surface area contributed by atoms with Gasteiger partial charge in [-0.1, -0.05) is 12.1 Å². The van der Waals surface area contributed by atoms with Crippen LogP contribution in [-0.2, 0) is 0 Å². The molecule has 4 rings (SSSR count). The van der Waals surface area contributed by atoms with Gasteiger partial charge in [-0.3, -0.25) is 4.79 Å². The molecule has 0 aliphatic heterocycles. The van der Waals surface area contributed by atoms with Crippen molar-refractivity contribution in [3.05, 3.63) is 89.8 Å². The second-order valence-corrected chi connectivity index (χ2v) is 6.17. The average molecular weight is 378 g/mol. The molecule has 4 aromatic rings. The van der Waals surface area contributed by atoms with Crippen molar-refractivity contribution in [3.8, 4) is 0 Å². The maximum atomic E-state index is 13.2. The van der Waals surface area contributed by atoms with Gasteiger partial charge < -0.3 is 15.6 Å². The molecule has 140 valence electrons. The Bertz CT molecular complexity index is 1160. The number of anilines is 2. The van der Waals surface area contributed by atoms with Crippen LogP contribution in [0.2, 0.25) is 0 Å². The van der Waals surface area contributed by atoms with Crippen molar-refractivity contribution in [2.45, 2.75) is 0 Å². The highest BCUT2D eigenvalue weighted by Crippen LogP contribution is 2.21. The maximum Gasteiger partial charge on any atom is 0.195 e. The van der Waals surface area contributed by atoms with Crippen molar-refractivity contribution >= 4 is 28.2 Å². The Morgan fingerprint density at radius 2 is 1.79 bits per heavy atom. The summed E-state index contributed by atoms with van der Waals surface area (Å²) in [6.07, 6.45) is 3.32. The number of fused-ring (bicyclic) bond motifs is 1. The minimum absolute atomic E-state index is 0.114. The molecular weight excluding hydrogens is 362 g/mol. The van der Waals surface area contributed by atoms with Gasteiger partial charge in [-0.25, -0.2) is 13.8 Å². The topological polar surface area (TPSA) is 69.8 Å². The van der Waals surface area contributed by atoms with Crippen LogP contribution >= 0.6 is 0 Å². The number of rotatable bonds is 6. The number of nitrogens with zero attached hydrogens (tertiary/aromatic N) is 1. The van der Waals surface area contributed by atoms with Crippen molar-refractivity contribution in [2.24, 2.45) is 0 Å². The van der Waals surface area contributed by atoms with E-state index >= 15 is 0 Å². The van der Waals surface area contributed by atoms with E-state index in [-0.39, 0.29) is 12.5 Å². The van der Waals surface area contributed by atoms with E-state index in [9.17, 15) is 13.6 Å². The zero-order valence-corrected chi connectivity index (χ0v) is 14.7. The van der Waals surface area contributed by atoms with Crippen LogP contribution in [0.4, 0.5) is 20.2 Å². The third kappa shape index (κ3) is 3.55. The van der Waals surface area contributed by atoms with E-state index in [1.165, 1.54) is 6.07 Å². The first-order valence-electron chi connectivity index (χ1n) is 8.61. The van der Waals surface area contributed by atoms with Crippen molar-refractivity contribution in [3.63, 3.8) is 0 Å². The number of halogens is 2. The lowest BCUT2D eigenvalue weighted by atomic mass is 10.0. The smallest absolute Gasteiger partial charge is 0.195 e. The predicted molar refractivity (Wildman–Crippen MR) is 104 cm³/mol. The first-order chi connectivity index (χ1) is 13.6. The molecule has 2 aromatic heterocycles. The van der Waals surface area contributed by atoms with Crippen LogP contribution in [0, 0.1) is 11.6 Å². The molecule has 0 aliphatic carbocycles. The molecule has 0 aliphatic rings. The SMILES string of the molecule is O=C(c1cccc(NCNc2ccc(F)c(F)c2)c1)c1c[nH]c2ncccc12. The number of hydrogen-bond donors (Lipinski definition) is 3. The average Bonchev–Trinajstić information content (AvgIpc) is 3.14. The fraction of sp³-hybridized carbons (Fsp3) is 0.0476. The van der Waals surface area contributed by atoms with E-state index in [1.807, 2.05) is 12.1 Å². The number of nitrogens with one attached hydrogen (secondary N) is 3. The van der Waals surface area contributed by atoms with Gasteiger partial charge in [-0.2, -0.15) is 0 Å². The molecule has 0 saturated heterocycles.